The van der Waals surface area contributed by atoms with Crippen LogP contribution in [0.1, 0.15) is 45.4 Å². The normalized spacial score (nSPS) is 10.8. The molecule has 0 rings (SSSR count). The van der Waals surface area contributed by atoms with Crippen molar-refractivity contribution in [3.05, 3.63) is 0 Å². The van der Waals surface area contributed by atoms with Crippen molar-refractivity contribution in [2.45, 2.75) is 45.4 Å². The average Bonchev–Trinajstić information content (AvgIpc) is 2.10. The third-order valence-electron chi connectivity index (χ3n) is 1.70. The summed E-state index contributed by atoms with van der Waals surface area (Å²) < 4.78 is 9.84. The van der Waals surface area contributed by atoms with Crippen molar-refractivity contribution in [3.8, 4) is 0 Å². The Balaban J connectivity index is 2.77. The molecule has 0 aliphatic rings. The fourth-order valence-electron chi connectivity index (χ4n) is 1.03. The summed E-state index contributed by atoms with van der Waals surface area (Å²) in [5.41, 5.74) is 0. The van der Waals surface area contributed by atoms with Gasteiger partial charge in [0.05, 0.1) is 6.61 Å². The first-order chi connectivity index (χ1) is 5.91. The maximum atomic E-state index is 9.84. The van der Waals surface area contributed by atoms with E-state index in [0.717, 1.165) is 6.42 Å². The van der Waals surface area contributed by atoms with E-state index in [1.165, 1.54) is 32.1 Å². The highest BCUT2D eigenvalue weighted by Gasteiger charge is 1.89. The van der Waals surface area contributed by atoms with Gasteiger partial charge in [0.15, 0.2) is 0 Å². The van der Waals surface area contributed by atoms with Crippen LogP contribution < -0.4 is 5.25 Å². The van der Waals surface area contributed by atoms with E-state index in [0.29, 0.717) is 6.61 Å². The molecule has 0 bridgehead atoms. The van der Waals surface area contributed by atoms with Gasteiger partial charge in [-0.2, -0.15) is 0 Å². The molecule has 0 fully saturated rings. The summed E-state index contributed by atoms with van der Waals surface area (Å²) in [6.07, 6.45) is 7.48. The second kappa shape index (κ2) is 11.0. The molecule has 0 saturated heterocycles. The molecule has 0 radical (unpaired) electrons. The minimum absolute atomic E-state index is 0.150. The number of hydrogen-bond donors (Lipinski definition) is 1. The number of rotatable bonds is 9. The van der Waals surface area contributed by atoms with Gasteiger partial charge in [0.2, 0.25) is 0 Å². The van der Waals surface area contributed by atoms with Crippen LogP contribution in [0.3, 0.4) is 0 Å². The first kappa shape index (κ1) is 12.0. The SMILES string of the molecule is CCCCCCCCONP=O. The van der Waals surface area contributed by atoms with E-state index >= 15 is 0 Å². The Labute approximate surface area is 76.1 Å². The van der Waals surface area contributed by atoms with Crippen LogP contribution in [0.4, 0.5) is 0 Å². The molecular weight excluding hydrogens is 173 g/mol. The third-order valence-corrected chi connectivity index (χ3v) is 1.91. The Hall–Kier alpha value is 0.0200. The lowest BCUT2D eigenvalue weighted by atomic mass is 10.1. The molecule has 0 aliphatic carbocycles. The van der Waals surface area contributed by atoms with Gasteiger partial charge in [-0.15, -0.1) is 5.25 Å². The molecule has 12 heavy (non-hydrogen) atoms. The Morgan fingerprint density at radius 1 is 1.17 bits per heavy atom. The van der Waals surface area contributed by atoms with Gasteiger partial charge < -0.3 is 0 Å². The number of hydrogen-bond acceptors (Lipinski definition) is 2. The smallest absolute Gasteiger partial charge is 0.271 e. The van der Waals surface area contributed by atoms with Gasteiger partial charge >= 0.3 is 0 Å². The maximum absolute atomic E-state index is 9.84. The lowest BCUT2D eigenvalue weighted by Gasteiger charge is -1.99. The molecule has 0 aromatic carbocycles. The molecule has 0 saturated carbocycles. The Bertz CT molecular complexity index is 101. The van der Waals surface area contributed by atoms with Gasteiger partial charge in [0.1, 0.15) is 0 Å². The fraction of sp³-hybridized carbons (Fsp3) is 1.00. The van der Waals surface area contributed by atoms with Crippen molar-refractivity contribution in [1.29, 1.82) is 0 Å². The van der Waals surface area contributed by atoms with E-state index in [4.69, 9.17) is 4.84 Å². The molecule has 0 aliphatic heterocycles. The molecule has 0 heterocycles. The molecule has 0 amide bonds. The second-order valence-electron chi connectivity index (χ2n) is 2.80. The number of unbranched alkanes of at least 4 members (excludes halogenated alkanes) is 5. The van der Waals surface area contributed by atoms with Gasteiger partial charge in [-0.05, 0) is 6.42 Å². The van der Waals surface area contributed by atoms with Gasteiger partial charge in [-0.1, -0.05) is 39.0 Å². The fourth-order valence-corrected chi connectivity index (χ4v) is 1.17. The molecule has 3 nitrogen and oxygen atoms in total. The predicted molar refractivity (Wildman–Crippen MR) is 50.1 cm³/mol. The minimum atomic E-state index is -0.150. The quantitative estimate of drug-likeness (QED) is 0.346. The molecule has 4 heteroatoms. The van der Waals surface area contributed by atoms with Gasteiger partial charge in [-0.25, -0.2) is 0 Å². The molecule has 0 aromatic rings. The zero-order valence-corrected chi connectivity index (χ0v) is 8.61. The van der Waals surface area contributed by atoms with Crippen molar-refractivity contribution < 1.29 is 9.40 Å². The molecule has 0 unspecified atom stereocenters. The topological polar surface area (TPSA) is 38.3 Å². The number of nitrogens with one attached hydrogen (secondary N) is 1. The molecule has 72 valence electrons. The molecule has 1 N–H and O–H groups in total. The highest BCUT2D eigenvalue weighted by atomic mass is 31.1. The predicted octanol–water partition coefficient (Wildman–Crippen LogP) is 3.07. The Morgan fingerprint density at radius 3 is 2.50 bits per heavy atom. The lowest BCUT2D eigenvalue weighted by molar-refractivity contribution is 0.0930. The summed E-state index contributed by atoms with van der Waals surface area (Å²) in [6, 6.07) is 0. The van der Waals surface area contributed by atoms with Crippen molar-refractivity contribution in [2.75, 3.05) is 6.61 Å². The second-order valence-corrected chi connectivity index (χ2v) is 3.16. The summed E-state index contributed by atoms with van der Waals surface area (Å²) in [5, 5.41) is 2.27. The standard InChI is InChI=1S/C8H18NO2P/c1-2-3-4-5-6-7-8-11-9-12-10/h2-8H2,1H3,(H,9,10). The summed E-state index contributed by atoms with van der Waals surface area (Å²) in [4.78, 5) is 4.81. The van der Waals surface area contributed by atoms with E-state index < -0.39 is 0 Å². The minimum Gasteiger partial charge on any atom is -0.291 e. The molecular formula is C8H18NO2P. The highest BCUT2D eigenvalue weighted by molar-refractivity contribution is 7.20. The zero-order valence-electron chi connectivity index (χ0n) is 7.71. The van der Waals surface area contributed by atoms with Gasteiger partial charge in [-0.3, -0.25) is 9.40 Å². The van der Waals surface area contributed by atoms with Gasteiger partial charge in [0.25, 0.3) is 8.61 Å². The van der Waals surface area contributed by atoms with E-state index in [-0.39, 0.29) is 8.61 Å². The maximum Gasteiger partial charge on any atom is 0.271 e. The highest BCUT2D eigenvalue weighted by Crippen LogP contribution is 2.04. The summed E-state index contributed by atoms with van der Waals surface area (Å²) in [6.45, 7) is 2.86. The van der Waals surface area contributed by atoms with Crippen LogP contribution in [-0.4, -0.2) is 6.61 Å². The molecule has 0 aromatic heterocycles. The van der Waals surface area contributed by atoms with Crippen molar-refractivity contribution in [2.24, 2.45) is 0 Å². The summed E-state index contributed by atoms with van der Waals surface area (Å²) >= 11 is 0. The van der Waals surface area contributed by atoms with Crippen molar-refractivity contribution in [3.63, 3.8) is 0 Å². The third kappa shape index (κ3) is 10.0. The average molecular weight is 191 g/mol. The van der Waals surface area contributed by atoms with E-state index in [1.54, 1.807) is 0 Å². The first-order valence-electron chi connectivity index (χ1n) is 4.61. The van der Waals surface area contributed by atoms with Gasteiger partial charge in [0, 0.05) is 0 Å². The lowest BCUT2D eigenvalue weighted by Crippen LogP contribution is -2.02. The van der Waals surface area contributed by atoms with E-state index in [2.05, 4.69) is 12.2 Å². The Morgan fingerprint density at radius 2 is 1.83 bits per heavy atom. The first-order valence-corrected chi connectivity index (χ1v) is 5.42. The largest absolute Gasteiger partial charge is 0.291 e. The van der Waals surface area contributed by atoms with Crippen LogP contribution in [0.2, 0.25) is 0 Å². The van der Waals surface area contributed by atoms with Crippen molar-refractivity contribution in [1.82, 2.24) is 5.25 Å². The molecule has 0 spiro atoms. The van der Waals surface area contributed by atoms with Crippen LogP contribution in [0.15, 0.2) is 0 Å². The zero-order chi connectivity index (χ0) is 9.07. The summed E-state index contributed by atoms with van der Waals surface area (Å²) in [5.74, 6) is 0. The monoisotopic (exact) mass is 191 g/mol. The van der Waals surface area contributed by atoms with Crippen LogP contribution in [-0.2, 0) is 9.40 Å². The van der Waals surface area contributed by atoms with Crippen LogP contribution in [0, 0.1) is 0 Å². The Kier molecular flexibility index (Phi) is 11.0. The van der Waals surface area contributed by atoms with E-state index in [1.807, 2.05) is 0 Å². The van der Waals surface area contributed by atoms with Crippen LogP contribution >= 0.6 is 8.61 Å². The van der Waals surface area contributed by atoms with Crippen LogP contribution in [0.5, 0.6) is 0 Å². The van der Waals surface area contributed by atoms with E-state index in [9.17, 15) is 4.57 Å². The van der Waals surface area contributed by atoms with Crippen LogP contribution in [0.25, 0.3) is 0 Å². The molecule has 0 atom stereocenters. The van der Waals surface area contributed by atoms with Crippen molar-refractivity contribution >= 4 is 8.61 Å². The summed E-state index contributed by atoms with van der Waals surface area (Å²) in [7, 11) is -0.150.